The van der Waals surface area contributed by atoms with Crippen LogP contribution in [0.2, 0.25) is 0 Å². The van der Waals surface area contributed by atoms with Gasteiger partial charge < -0.3 is 10.1 Å². The van der Waals surface area contributed by atoms with Gasteiger partial charge >= 0.3 is 0 Å². The Hall–Kier alpha value is -6.52. The Morgan fingerprint density at radius 3 is 2.04 bits per heavy atom. The van der Waals surface area contributed by atoms with Crippen molar-refractivity contribution >= 4 is 66.5 Å². The third kappa shape index (κ3) is 4.18. The van der Waals surface area contributed by atoms with Gasteiger partial charge in [-0.05, 0) is 68.8 Å². The standard InChI is InChI=1S/C46H32N4/c47-45(30-11-2-1-3-12-30)49-46(48)43-37-17-7-5-14-33(37)32-13-4-6-16-36(32)42(43)29-23-21-28(22-24-29)31-25-26-35-39-19-10-18-38-34-15-8-9-20-40(34)50(44(38)39)41(35)27-31/h1-7,9-14,16-27H,8,15H2,(H3,47,48,49). The number of benzene rings is 7. The number of hydrogen-bond acceptors (Lipinski definition) is 1. The van der Waals surface area contributed by atoms with Crippen LogP contribution in [0, 0.1) is 5.41 Å². The number of allylic oxidation sites excluding steroid dienone is 1. The lowest BCUT2D eigenvalue weighted by Gasteiger charge is -2.18. The number of nitrogens with zero attached hydrogens (tertiary/aromatic N) is 2. The predicted octanol–water partition coefficient (Wildman–Crippen LogP) is 11.0. The van der Waals surface area contributed by atoms with Crippen LogP contribution in [0.15, 0.2) is 151 Å². The smallest absolute Gasteiger partial charge is 0.155 e. The largest absolute Gasteiger partial charge is 0.383 e. The molecule has 0 saturated heterocycles. The van der Waals surface area contributed by atoms with Crippen molar-refractivity contribution in [1.29, 1.82) is 5.41 Å². The molecule has 3 N–H and O–H groups in total. The van der Waals surface area contributed by atoms with Crippen LogP contribution in [-0.4, -0.2) is 16.1 Å². The fraction of sp³-hybridized carbons (Fsp3) is 0.0435. The first-order valence-electron chi connectivity index (χ1n) is 17.2. The van der Waals surface area contributed by atoms with Crippen LogP contribution in [0.25, 0.3) is 77.1 Å². The fourth-order valence-electron chi connectivity index (χ4n) is 8.24. The van der Waals surface area contributed by atoms with Crippen LogP contribution in [0.4, 0.5) is 0 Å². The van der Waals surface area contributed by atoms with Crippen molar-refractivity contribution in [2.24, 2.45) is 10.7 Å². The zero-order chi connectivity index (χ0) is 33.3. The molecule has 2 aromatic heterocycles. The molecule has 0 spiro atoms. The molecule has 0 aliphatic heterocycles. The zero-order valence-electron chi connectivity index (χ0n) is 27.3. The molecule has 1 aliphatic carbocycles. The van der Waals surface area contributed by atoms with Gasteiger partial charge in [-0.1, -0.05) is 140 Å². The SMILES string of the molecule is N=C(N=C(N)c1ccccc1)c1c(-c2ccc(-c3ccc4c5cccc6c7c(n(c4c3)c65)C=CCC7)cc2)c2ccccc2c2ccccc12. The van der Waals surface area contributed by atoms with E-state index in [0.29, 0.717) is 5.84 Å². The molecule has 50 heavy (non-hydrogen) atoms. The number of hydrogen-bond donors (Lipinski definition) is 2. The van der Waals surface area contributed by atoms with Gasteiger partial charge in [-0.15, -0.1) is 0 Å². The van der Waals surface area contributed by atoms with E-state index in [1.54, 1.807) is 0 Å². The summed E-state index contributed by atoms with van der Waals surface area (Å²) in [6, 6.07) is 48.8. The van der Waals surface area contributed by atoms with Gasteiger partial charge in [0, 0.05) is 38.5 Å². The first kappa shape index (κ1) is 28.5. The highest BCUT2D eigenvalue weighted by Crippen LogP contribution is 2.42. The molecule has 0 amide bonds. The molecule has 236 valence electrons. The van der Waals surface area contributed by atoms with E-state index in [1.807, 2.05) is 36.4 Å². The van der Waals surface area contributed by atoms with E-state index in [1.165, 1.54) is 44.0 Å². The second-order valence-electron chi connectivity index (χ2n) is 13.2. The normalized spacial score (nSPS) is 13.2. The number of amidine groups is 2. The second kappa shape index (κ2) is 11.0. The summed E-state index contributed by atoms with van der Waals surface area (Å²) in [4.78, 5) is 4.69. The lowest BCUT2D eigenvalue weighted by atomic mass is 9.87. The molecule has 4 nitrogen and oxygen atoms in total. The maximum absolute atomic E-state index is 9.39. The van der Waals surface area contributed by atoms with E-state index in [-0.39, 0.29) is 5.84 Å². The maximum atomic E-state index is 9.39. The van der Waals surface area contributed by atoms with Gasteiger partial charge in [-0.25, -0.2) is 4.99 Å². The minimum Gasteiger partial charge on any atom is -0.383 e. The van der Waals surface area contributed by atoms with Crippen molar-refractivity contribution in [1.82, 2.24) is 4.40 Å². The number of nitrogens with two attached hydrogens (primary N) is 1. The number of rotatable bonds is 4. The van der Waals surface area contributed by atoms with Crippen LogP contribution in [0.1, 0.15) is 28.8 Å². The molecular formula is C46H32N4. The summed E-state index contributed by atoms with van der Waals surface area (Å²) in [5.74, 6) is 0.464. The second-order valence-corrected chi connectivity index (χ2v) is 13.2. The van der Waals surface area contributed by atoms with E-state index in [9.17, 15) is 5.41 Å². The highest BCUT2D eigenvalue weighted by Gasteiger charge is 2.22. The van der Waals surface area contributed by atoms with Gasteiger partial charge in [-0.3, -0.25) is 5.41 Å². The number of aromatic nitrogens is 1. The van der Waals surface area contributed by atoms with Crippen molar-refractivity contribution in [3.05, 3.63) is 168 Å². The number of aliphatic imine (C=N–C) groups is 1. The molecule has 0 unspecified atom stereocenters. The number of fused-ring (bicyclic) bond motifs is 9. The summed E-state index contributed by atoms with van der Waals surface area (Å²) in [5, 5.41) is 17.7. The van der Waals surface area contributed by atoms with Crippen LogP contribution in [0.3, 0.4) is 0 Å². The third-order valence-electron chi connectivity index (χ3n) is 10.5. The molecule has 9 aromatic rings. The van der Waals surface area contributed by atoms with Gasteiger partial charge in [0.05, 0.1) is 11.0 Å². The fourth-order valence-corrected chi connectivity index (χ4v) is 8.24. The van der Waals surface area contributed by atoms with Gasteiger partial charge in [-0.2, -0.15) is 0 Å². The molecule has 2 heterocycles. The van der Waals surface area contributed by atoms with Crippen molar-refractivity contribution in [2.75, 3.05) is 0 Å². The minimum absolute atomic E-state index is 0.140. The molecular weight excluding hydrogens is 609 g/mol. The summed E-state index contributed by atoms with van der Waals surface area (Å²) in [6.07, 6.45) is 6.79. The lowest BCUT2D eigenvalue weighted by Crippen LogP contribution is -2.16. The average Bonchev–Trinajstić information content (AvgIpc) is 3.70. The molecule has 0 atom stereocenters. The molecule has 0 saturated carbocycles. The van der Waals surface area contributed by atoms with Gasteiger partial charge in [0.2, 0.25) is 0 Å². The van der Waals surface area contributed by atoms with Crippen LogP contribution in [0.5, 0.6) is 0 Å². The van der Waals surface area contributed by atoms with E-state index < -0.39 is 0 Å². The Kier molecular flexibility index (Phi) is 6.27. The molecule has 1 aliphatic rings. The Morgan fingerprint density at radius 2 is 1.24 bits per heavy atom. The molecule has 7 aromatic carbocycles. The topological polar surface area (TPSA) is 66.6 Å². The Morgan fingerprint density at radius 1 is 0.600 bits per heavy atom. The van der Waals surface area contributed by atoms with Crippen LogP contribution in [-0.2, 0) is 6.42 Å². The summed E-state index contributed by atoms with van der Waals surface area (Å²) in [5.41, 5.74) is 17.8. The highest BCUT2D eigenvalue weighted by atomic mass is 14.9. The Balaban J connectivity index is 1.14. The van der Waals surface area contributed by atoms with Crippen molar-refractivity contribution in [2.45, 2.75) is 12.8 Å². The molecule has 4 heteroatoms. The third-order valence-corrected chi connectivity index (χ3v) is 10.5. The van der Waals surface area contributed by atoms with Gasteiger partial charge in [0.1, 0.15) is 5.84 Å². The van der Waals surface area contributed by atoms with E-state index in [0.717, 1.165) is 62.2 Å². The van der Waals surface area contributed by atoms with Gasteiger partial charge in [0.25, 0.3) is 0 Å². The predicted molar refractivity (Wildman–Crippen MR) is 211 cm³/mol. The van der Waals surface area contributed by atoms with Crippen LogP contribution >= 0.6 is 0 Å². The summed E-state index contributed by atoms with van der Waals surface area (Å²) in [6.45, 7) is 0. The molecule has 0 radical (unpaired) electrons. The average molecular weight is 641 g/mol. The van der Waals surface area contributed by atoms with Crippen molar-refractivity contribution < 1.29 is 0 Å². The van der Waals surface area contributed by atoms with Crippen molar-refractivity contribution in [3.63, 3.8) is 0 Å². The highest BCUT2D eigenvalue weighted by molar-refractivity contribution is 6.26. The Bertz CT molecular complexity index is 2870. The molecule has 10 rings (SSSR count). The van der Waals surface area contributed by atoms with E-state index in [4.69, 9.17) is 5.73 Å². The summed E-state index contributed by atoms with van der Waals surface area (Å²) >= 11 is 0. The molecule has 0 bridgehead atoms. The summed E-state index contributed by atoms with van der Waals surface area (Å²) < 4.78 is 2.48. The monoisotopic (exact) mass is 640 g/mol. The van der Waals surface area contributed by atoms with E-state index in [2.05, 4.69) is 125 Å². The Labute approximate surface area is 289 Å². The van der Waals surface area contributed by atoms with E-state index >= 15 is 0 Å². The minimum atomic E-state index is 0.140. The van der Waals surface area contributed by atoms with Crippen LogP contribution < -0.4 is 5.73 Å². The number of para-hydroxylation sites is 1. The molecule has 0 fully saturated rings. The van der Waals surface area contributed by atoms with Gasteiger partial charge in [0.15, 0.2) is 5.84 Å². The quantitative estimate of drug-likeness (QED) is 0.112. The lowest BCUT2D eigenvalue weighted by molar-refractivity contribution is 0.984. The zero-order valence-corrected chi connectivity index (χ0v) is 27.3. The first-order chi connectivity index (χ1) is 24.7. The van der Waals surface area contributed by atoms with Crippen molar-refractivity contribution in [3.8, 4) is 22.3 Å². The number of nitrogens with one attached hydrogen (secondary N) is 1. The maximum Gasteiger partial charge on any atom is 0.155 e. The first-order valence-corrected chi connectivity index (χ1v) is 17.2. The summed E-state index contributed by atoms with van der Waals surface area (Å²) in [7, 11) is 0. The number of aryl methyl sites for hydroxylation is 1.